The van der Waals surface area contributed by atoms with E-state index in [1.807, 2.05) is 0 Å². The highest BCUT2D eigenvalue weighted by Gasteiger charge is 2.66. The lowest BCUT2D eigenvalue weighted by atomic mass is 9.46. The minimum atomic E-state index is 0.0778. The smallest absolute Gasteiger partial charge is 0.0690 e. The SMILES string of the molecule is CC(C)(CO)CCCNC1C2CCOC2C12CCC2. The molecule has 0 bridgehead atoms. The molecule has 110 valence electrons. The molecule has 3 fully saturated rings. The molecule has 3 atom stereocenters. The van der Waals surface area contributed by atoms with Gasteiger partial charge in [0.25, 0.3) is 0 Å². The van der Waals surface area contributed by atoms with Crippen LogP contribution in [0.4, 0.5) is 0 Å². The molecule has 3 unspecified atom stereocenters. The van der Waals surface area contributed by atoms with E-state index in [2.05, 4.69) is 19.2 Å². The van der Waals surface area contributed by atoms with Gasteiger partial charge in [-0.2, -0.15) is 0 Å². The molecule has 0 amide bonds. The van der Waals surface area contributed by atoms with Gasteiger partial charge < -0.3 is 15.2 Å². The van der Waals surface area contributed by atoms with Crippen LogP contribution in [0.2, 0.25) is 0 Å². The van der Waals surface area contributed by atoms with Crippen molar-refractivity contribution in [3.8, 4) is 0 Å². The van der Waals surface area contributed by atoms with Gasteiger partial charge in [0.2, 0.25) is 0 Å². The molecule has 1 aliphatic heterocycles. The minimum absolute atomic E-state index is 0.0778. The highest BCUT2D eigenvalue weighted by Crippen LogP contribution is 2.62. The summed E-state index contributed by atoms with van der Waals surface area (Å²) in [4.78, 5) is 0. The van der Waals surface area contributed by atoms with Crippen molar-refractivity contribution in [2.75, 3.05) is 19.8 Å². The van der Waals surface area contributed by atoms with Gasteiger partial charge in [0.05, 0.1) is 6.10 Å². The summed E-state index contributed by atoms with van der Waals surface area (Å²) >= 11 is 0. The molecule has 0 radical (unpaired) electrons. The Labute approximate surface area is 117 Å². The summed E-state index contributed by atoms with van der Waals surface area (Å²) in [5.41, 5.74) is 0.585. The number of hydrogen-bond acceptors (Lipinski definition) is 3. The molecule has 3 heteroatoms. The van der Waals surface area contributed by atoms with Gasteiger partial charge in [-0.15, -0.1) is 0 Å². The van der Waals surface area contributed by atoms with Gasteiger partial charge in [-0.05, 0) is 44.1 Å². The summed E-state index contributed by atoms with van der Waals surface area (Å²) in [7, 11) is 0. The highest BCUT2D eigenvalue weighted by molar-refractivity contribution is 5.18. The average molecular weight is 267 g/mol. The van der Waals surface area contributed by atoms with Crippen LogP contribution in [0.25, 0.3) is 0 Å². The molecule has 3 rings (SSSR count). The predicted octanol–water partition coefficient (Wildman–Crippen LogP) is 2.33. The lowest BCUT2D eigenvalue weighted by molar-refractivity contribution is -0.175. The van der Waals surface area contributed by atoms with Crippen LogP contribution < -0.4 is 5.32 Å². The number of nitrogens with one attached hydrogen (secondary N) is 1. The van der Waals surface area contributed by atoms with Crippen molar-refractivity contribution in [1.29, 1.82) is 0 Å². The molecule has 1 spiro atoms. The molecule has 2 N–H and O–H groups in total. The molecule has 0 aromatic heterocycles. The van der Waals surface area contributed by atoms with Crippen LogP contribution in [-0.2, 0) is 4.74 Å². The summed E-state index contributed by atoms with van der Waals surface area (Å²) in [6, 6.07) is 0.714. The minimum Gasteiger partial charge on any atom is -0.396 e. The third-order valence-corrected chi connectivity index (χ3v) is 5.86. The highest BCUT2D eigenvalue weighted by atomic mass is 16.5. The lowest BCUT2D eigenvalue weighted by Crippen LogP contribution is -2.71. The van der Waals surface area contributed by atoms with Crippen LogP contribution in [0.1, 0.15) is 52.4 Å². The van der Waals surface area contributed by atoms with Crippen molar-refractivity contribution in [1.82, 2.24) is 5.32 Å². The number of aliphatic hydroxyl groups excluding tert-OH is 1. The molecular weight excluding hydrogens is 238 g/mol. The number of hydrogen-bond donors (Lipinski definition) is 2. The fourth-order valence-electron chi connectivity index (χ4n) is 4.46. The van der Waals surface area contributed by atoms with E-state index in [-0.39, 0.29) is 5.41 Å². The summed E-state index contributed by atoms with van der Waals surface area (Å²) in [5.74, 6) is 0.783. The van der Waals surface area contributed by atoms with Gasteiger partial charge in [-0.3, -0.25) is 0 Å². The zero-order valence-corrected chi connectivity index (χ0v) is 12.5. The van der Waals surface area contributed by atoms with Crippen molar-refractivity contribution in [3.05, 3.63) is 0 Å². The van der Waals surface area contributed by atoms with Gasteiger partial charge >= 0.3 is 0 Å². The van der Waals surface area contributed by atoms with Crippen LogP contribution in [0.5, 0.6) is 0 Å². The first-order chi connectivity index (χ1) is 9.09. The van der Waals surface area contributed by atoms with Crippen LogP contribution in [0.15, 0.2) is 0 Å². The second-order valence-electron chi connectivity index (χ2n) is 7.69. The Hall–Kier alpha value is -0.120. The number of ether oxygens (including phenoxy) is 1. The molecule has 2 aliphatic carbocycles. The first-order valence-electron chi connectivity index (χ1n) is 8.05. The number of fused-ring (bicyclic) bond motifs is 2. The number of rotatable bonds is 6. The lowest BCUT2D eigenvalue weighted by Gasteiger charge is -2.63. The average Bonchev–Trinajstić information content (AvgIpc) is 2.72. The van der Waals surface area contributed by atoms with Gasteiger partial charge in [0.15, 0.2) is 0 Å². The zero-order chi connectivity index (χ0) is 13.5. The van der Waals surface area contributed by atoms with E-state index in [9.17, 15) is 5.11 Å². The number of aliphatic hydroxyl groups is 1. The predicted molar refractivity (Wildman–Crippen MR) is 76.0 cm³/mol. The maximum absolute atomic E-state index is 9.28. The van der Waals surface area contributed by atoms with Crippen LogP contribution in [0.3, 0.4) is 0 Å². The molecule has 3 aliphatic rings. The Morgan fingerprint density at radius 3 is 2.79 bits per heavy atom. The Balaban J connectivity index is 1.45. The molecule has 2 saturated carbocycles. The quantitative estimate of drug-likeness (QED) is 0.726. The Morgan fingerprint density at radius 2 is 2.16 bits per heavy atom. The summed E-state index contributed by atoms with van der Waals surface area (Å²) in [6.07, 6.45) is 8.22. The normalized spacial score (nSPS) is 35.8. The Morgan fingerprint density at radius 1 is 1.37 bits per heavy atom. The summed E-state index contributed by atoms with van der Waals surface area (Å²) in [5, 5.41) is 13.1. The topological polar surface area (TPSA) is 41.5 Å². The van der Waals surface area contributed by atoms with Crippen molar-refractivity contribution in [2.45, 2.75) is 64.5 Å². The van der Waals surface area contributed by atoms with Gasteiger partial charge in [-0.1, -0.05) is 20.3 Å². The summed E-state index contributed by atoms with van der Waals surface area (Å²) < 4.78 is 5.94. The fourth-order valence-corrected chi connectivity index (χ4v) is 4.46. The second kappa shape index (κ2) is 5.01. The van der Waals surface area contributed by atoms with Crippen LogP contribution in [-0.4, -0.2) is 37.0 Å². The van der Waals surface area contributed by atoms with Gasteiger partial charge in [0.1, 0.15) is 0 Å². The van der Waals surface area contributed by atoms with Crippen molar-refractivity contribution in [2.24, 2.45) is 16.7 Å². The van der Waals surface area contributed by atoms with E-state index in [1.54, 1.807) is 0 Å². The van der Waals surface area contributed by atoms with E-state index in [1.165, 1.54) is 32.1 Å². The zero-order valence-electron chi connectivity index (χ0n) is 12.5. The first kappa shape index (κ1) is 13.8. The molecular formula is C16H29NO2. The van der Waals surface area contributed by atoms with Gasteiger partial charge in [0, 0.05) is 30.6 Å². The second-order valence-corrected chi connectivity index (χ2v) is 7.69. The maximum Gasteiger partial charge on any atom is 0.0690 e. The van der Waals surface area contributed by atoms with Crippen molar-refractivity contribution >= 4 is 0 Å². The molecule has 3 nitrogen and oxygen atoms in total. The van der Waals surface area contributed by atoms with Crippen LogP contribution in [0, 0.1) is 16.7 Å². The fraction of sp³-hybridized carbons (Fsp3) is 1.00. The van der Waals surface area contributed by atoms with Gasteiger partial charge in [-0.25, -0.2) is 0 Å². The molecule has 0 aromatic rings. The van der Waals surface area contributed by atoms with E-state index < -0.39 is 0 Å². The Bertz CT molecular complexity index is 325. The monoisotopic (exact) mass is 267 g/mol. The largest absolute Gasteiger partial charge is 0.396 e. The molecule has 1 heterocycles. The molecule has 19 heavy (non-hydrogen) atoms. The third-order valence-electron chi connectivity index (χ3n) is 5.86. The van der Waals surface area contributed by atoms with E-state index in [0.717, 1.165) is 25.5 Å². The van der Waals surface area contributed by atoms with E-state index in [0.29, 0.717) is 24.2 Å². The van der Waals surface area contributed by atoms with Crippen molar-refractivity contribution in [3.63, 3.8) is 0 Å². The molecule has 1 saturated heterocycles. The maximum atomic E-state index is 9.28. The standard InChI is InChI=1S/C16H29NO2/c1-15(2,11-18)6-4-9-17-13-12-5-10-19-14(12)16(13)7-3-8-16/h12-14,17-18H,3-11H2,1-2H3. The van der Waals surface area contributed by atoms with E-state index >= 15 is 0 Å². The summed E-state index contributed by atoms with van der Waals surface area (Å²) in [6.45, 7) is 6.65. The third kappa shape index (κ3) is 2.24. The van der Waals surface area contributed by atoms with E-state index in [4.69, 9.17) is 4.74 Å². The van der Waals surface area contributed by atoms with Crippen LogP contribution >= 0.6 is 0 Å². The molecule has 0 aromatic carbocycles. The first-order valence-corrected chi connectivity index (χ1v) is 8.05. The van der Waals surface area contributed by atoms with Crippen molar-refractivity contribution < 1.29 is 9.84 Å². The Kier molecular flexibility index (Phi) is 3.65.